The number of carbonyl (C=O) groups excluding carboxylic acids is 1. The molecule has 0 amide bonds. The molecule has 26 heavy (non-hydrogen) atoms. The molecule has 1 atom stereocenters. The fraction of sp³-hybridized carbons (Fsp3) is 0.350. The van der Waals surface area contributed by atoms with Gasteiger partial charge in [-0.2, -0.15) is 0 Å². The minimum Gasteiger partial charge on any atom is -0.492 e. The topological polar surface area (TPSA) is 48.0 Å². The predicted octanol–water partition coefficient (Wildman–Crippen LogP) is 3.99. The molecule has 2 heterocycles. The fourth-order valence-corrected chi connectivity index (χ4v) is 3.98. The van der Waals surface area contributed by atoms with Gasteiger partial charge in [-0.15, -0.1) is 0 Å². The van der Waals surface area contributed by atoms with Gasteiger partial charge in [0.1, 0.15) is 0 Å². The summed E-state index contributed by atoms with van der Waals surface area (Å²) in [5, 5.41) is 0. The average molecular weight is 418 g/mol. The van der Waals surface area contributed by atoms with Gasteiger partial charge < -0.3 is 14.2 Å². The number of halogens is 1. The van der Waals surface area contributed by atoms with Crippen LogP contribution < -0.4 is 14.2 Å². The Morgan fingerprint density at radius 1 is 1.31 bits per heavy atom. The number of methoxy groups -OCH3 is 1. The standard InChI is InChI=1S/C20H20BrNO4/c1-22-8-7-13-9-17-19(26-11-25-17)20(24-2)18(13)15(22)10-16(23)12-3-5-14(21)6-4-12/h3-6,9,15H,7-8,10-11H2,1-2H3. The van der Waals surface area contributed by atoms with Crippen molar-refractivity contribution in [3.8, 4) is 17.2 Å². The molecule has 4 rings (SSSR count). The van der Waals surface area contributed by atoms with Crippen LogP contribution in [-0.4, -0.2) is 38.2 Å². The number of hydrogen-bond acceptors (Lipinski definition) is 5. The molecule has 1 unspecified atom stereocenters. The van der Waals surface area contributed by atoms with E-state index in [0.29, 0.717) is 23.5 Å². The van der Waals surface area contributed by atoms with Gasteiger partial charge >= 0.3 is 0 Å². The van der Waals surface area contributed by atoms with Gasteiger partial charge in [-0.25, -0.2) is 0 Å². The molecular formula is C20H20BrNO4. The lowest BCUT2D eigenvalue weighted by atomic mass is 9.87. The van der Waals surface area contributed by atoms with E-state index in [4.69, 9.17) is 14.2 Å². The van der Waals surface area contributed by atoms with E-state index >= 15 is 0 Å². The van der Waals surface area contributed by atoms with Crippen molar-refractivity contribution in [2.24, 2.45) is 0 Å². The maximum Gasteiger partial charge on any atom is 0.231 e. The maximum absolute atomic E-state index is 12.9. The van der Waals surface area contributed by atoms with Gasteiger partial charge in [0.15, 0.2) is 17.3 Å². The van der Waals surface area contributed by atoms with E-state index in [1.54, 1.807) is 7.11 Å². The Hall–Kier alpha value is -2.05. The van der Waals surface area contributed by atoms with Crippen LogP contribution in [0.2, 0.25) is 0 Å². The summed E-state index contributed by atoms with van der Waals surface area (Å²) < 4.78 is 17.8. The number of nitrogens with zero attached hydrogens (tertiary/aromatic N) is 1. The lowest BCUT2D eigenvalue weighted by Gasteiger charge is -2.35. The molecule has 2 aliphatic heterocycles. The molecule has 0 aliphatic carbocycles. The van der Waals surface area contributed by atoms with Gasteiger partial charge in [0, 0.05) is 34.6 Å². The minimum absolute atomic E-state index is 0.0562. The Labute approximate surface area is 161 Å². The zero-order valence-corrected chi connectivity index (χ0v) is 16.3. The van der Waals surface area contributed by atoms with Crippen LogP contribution in [0, 0.1) is 0 Å². The Bertz CT molecular complexity index is 850. The lowest BCUT2D eigenvalue weighted by molar-refractivity contribution is 0.0925. The van der Waals surface area contributed by atoms with Crippen LogP contribution in [0.4, 0.5) is 0 Å². The number of fused-ring (bicyclic) bond motifs is 2. The number of benzene rings is 2. The summed E-state index contributed by atoms with van der Waals surface area (Å²) >= 11 is 3.41. The van der Waals surface area contributed by atoms with Crippen molar-refractivity contribution < 1.29 is 19.0 Å². The summed E-state index contributed by atoms with van der Waals surface area (Å²) in [6, 6.07) is 9.47. The van der Waals surface area contributed by atoms with Crippen molar-refractivity contribution in [2.45, 2.75) is 18.9 Å². The lowest BCUT2D eigenvalue weighted by Crippen LogP contribution is -2.34. The molecule has 0 saturated heterocycles. The third-order valence-electron chi connectivity index (χ3n) is 5.09. The largest absolute Gasteiger partial charge is 0.492 e. The van der Waals surface area contributed by atoms with Gasteiger partial charge in [0.2, 0.25) is 12.5 Å². The van der Waals surface area contributed by atoms with Crippen LogP contribution in [0.25, 0.3) is 0 Å². The van der Waals surface area contributed by atoms with E-state index in [2.05, 4.69) is 20.8 Å². The first-order valence-corrected chi connectivity index (χ1v) is 9.36. The SMILES string of the molecule is COc1c2c(cc3c1C(CC(=O)c1ccc(Br)cc1)N(C)CC3)OCO2. The third-order valence-corrected chi connectivity index (χ3v) is 5.62. The monoisotopic (exact) mass is 417 g/mol. The molecule has 136 valence electrons. The summed E-state index contributed by atoms with van der Waals surface area (Å²) in [5.74, 6) is 2.17. The van der Waals surface area contributed by atoms with Gasteiger partial charge in [-0.3, -0.25) is 9.69 Å². The van der Waals surface area contributed by atoms with E-state index in [9.17, 15) is 4.79 Å². The first-order chi connectivity index (χ1) is 12.6. The van der Waals surface area contributed by atoms with E-state index in [1.807, 2.05) is 37.4 Å². The summed E-state index contributed by atoms with van der Waals surface area (Å²) in [6.07, 6.45) is 1.28. The van der Waals surface area contributed by atoms with E-state index in [1.165, 1.54) is 0 Å². The highest BCUT2D eigenvalue weighted by molar-refractivity contribution is 9.10. The summed E-state index contributed by atoms with van der Waals surface area (Å²) in [5.41, 5.74) is 2.92. The quantitative estimate of drug-likeness (QED) is 0.703. The summed E-state index contributed by atoms with van der Waals surface area (Å²) in [7, 11) is 3.69. The van der Waals surface area contributed by atoms with Crippen molar-refractivity contribution in [3.05, 3.63) is 51.5 Å². The highest BCUT2D eigenvalue weighted by Crippen LogP contribution is 2.50. The number of ether oxygens (including phenoxy) is 3. The van der Waals surface area contributed by atoms with Crippen LogP contribution >= 0.6 is 15.9 Å². The molecule has 0 aromatic heterocycles. The Morgan fingerprint density at radius 2 is 2.08 bits per heavy atom. The van der Waals surface area contributed by atoms with Crippen molar-refractivity contribution in [2.75, 3.05) is 27.5 Å². The van der Waals surface area contributed by atoms with Crippen LogP contribution in [0.3, 0.4) is 0 Å². The van der Waals surface area contributed by atoms with E-state index in [0.717, 1.165) is 34.3 Å². The average Bonchev–Trinajstić information content (AvgIpc) is 3.11. The fourth-order valence-electron chi connectivity index (χ4n) is 3.71. The predicted molar refractivity (Wildman–Crippen MR) is 101 cm³/mol. The van der Waals surface area contributed by atoms with Crippen LogP contribution in [0.5, 0.6) is 17.2 Å². The molecule has 2 aromatic rings. The second-order valence-electron chi connectivity index (χ2n) is 6.60. The zero-order valence-electron chi connectivity index (χ0n) is 14.8. The first-order valence-electron chi connectivity index (χ1n) is 8.57. The number of likely N-dealkylation sites (N-methyl/N-ethyl adjacent to an activating group) is 1. The number of ketones is 1. The number of hydrogen-bond donors (Lipinski definition) is 0. The molecule has 6 heteroatoms. The second kappa shape index (κ2) is 6.93. The maximum atomic E-state index is 12.9. The van der Waals surface area contributed by atoms with E-state index in [-0.39, 0.29) is 18.6 Å². The zero-order chi connectivity index (χ0) is 18.3. The molecule has 0 bridgehead atoms. The number of carbonyl (C=O) groups is 1. The Kier molecular flexibility index (Phi) is 4.63. The van der Waals surface area contributed by atoms with Gasteiger partial charge in [-0.05, 0) is 37.2 Å². The molecule has 2 aliphatic rings. The number of rotatable bonds is 4. The summed E-state index contributed by atoms with van der Waals surface area (Å²) in [4.78, 5) is 15.1. The minimum atomic E-state index is -0.0562. The van der Waals surface area contributed by atoms with Crippen LogP contribution in [-0.2, 0) is 6.42 Å². The van der Waals surface area contributed by atoms with Gasteiger partial charge in [-0.1, -0.05) is 28.1 Å². The Balaban J connectivity index is 1.71. The molecule has 5 nitrogen and oxygen atoms in total. The van der Waals surface area contributed by atoms with Gasteiger partial charge in [0.05, 0.1) is 7.11 Å². The van der Waals surface area contributed by atoms with Crippen molar-refractivity contribution >= 4 is 21.7 Å². The molecule has 0 radical (unpaired) electrons. The van der Waals surface area contributed by atoms with Crippen molar-refractivity contribution in [1.82, 2.24) is 4.90 Å². The second-order valence-corrected chi connectivity index (χ2v) is 7.51. The highest BCUT2D eigenvalue weighted by atomic mass is 79.9. The molecule has 0 fully saturated rings. The smallest absolute Gasteiger partial charge is 0.231 e. The molecule has 0 N–H and O–H groups in total. The number of Topliss-reactive ketones (excluding diaryl/α,β-unsaturated/α-hetero) is 1. The summed E-state index contributed by atoms with van der Waals surface area (Å²) in [6.45, 7) is 1.08. The van der Waals surface area contributed by atoms with Crippen LogP contribution in [0.15, 0.2) is 34.8 Å². The highest BCUT2D eigenvalue weighted by Gasteiger charge is 2.35. The van der Waals surface area contributed by atoms with Crippen LogP contribution in [0.1, 0.15) is 33.9 Å². The van der Waals surface area contributed by atoms with Crippen molar-refractivity contribution in [1.29, 1.82) is 0 Å². The van der Waals surface area contributed by atoms with Gasteiger partial charge in [0.25, 0.3) is 0 Å². The van der Waals surface area contributed by atoms with E-state index < -0.39 is 0 Å². The molecule has 0 saturated carbocycles. The Morgan fingerprint density at radius 3 is 2.81 bits per heavy atom. The third kappa shape index (κ3) is 2.97. The molecule has 2 aromatic carbocycles. The van der Waals surface area contributed by atoms with Crippen molar-refractivity contribution in [3.63, 3.8) is 0 Å². The first kappa shape index (κ1) is 17.4. The molecule has 0 spiro atoms. The normalized spacial score (nSPS) is 18.5. The molecular weight excluding hydrogens is 398 g/mol.